The first-order valence-electron chi connectivity index (χ1n) is 5.67. The lowest BCUT2D eigenvalue weighted by Gasteiger charge is -2.33. The first kappa shape index (κ1) is 12.4. The molecule has 1 aromatic heterocycles. The molecule has 96 valence electrons. The van der Waals surface area contributed by atoms with Crippen LogP contribution in [0.4, 0.5) is 5.95 Å². The van der Waals surface area contributed by atoms with Crippen molar-refractivity contribution in [2.75, 3.05) is 11.4 Å². The van der Waals surface area contributed by atoms with E-state index in [1.54, 1.807) is 4.90 Å². The van der Waals surface area contributed by atoms with Crippen molar-refractivity contribution >= 4 is 17.8 Å². The molecule has 1 saturated heterocycles. The van der Waals surface area contributed by atoms with Gasteiger partial charge in [-0.2, -0.15) is 0 Å². The molecular formula is C11H14N4O3. The Morgan fingerprint density at radius 1 is 1.44 bits per heavy atom. The average molecular weight is 250 g/mol. The topological polar surface area (TPSA) is 95.4 Å². The second-order valence-electron chi connectivity index (χ2n) is 4.01. The van der Waals surface area contributed by atoms with E-state index in [0.29, 0.717) is 17.9 Å². The van der Waals surface area contributed by atoms with Crippen molar-refractivity contribution in [3.8, 4) is 0 Å². The van der Waals surface area contributed by atoms with E-state index in [-0.39, 0.29) is 25.0 Å². The van der Waals surface area contributed by atoms with Gasteiger partial charge in [-0.15, -0.1) is 0 Å². The molecule has 1 fully saturated rings. The molecular weight excluding hydrogens is 236 g/mol. The number of carbonyl (C=O) groups is 2. The number of imide groups is 1. The Balaban J connectivity index is 2.27. The van der Waals surface area contributed by atoms with Crippen molar-refractivity contribution in [2.45, 2.75) is 26.0 Å². The van der Waals surface area contributed by atoms with Crippen LogP contribution in [-0.4, -0.2) is 39.5 Å². The smallest absolute Gasteiger partial charge is 0.249 e. The molecule has 2 amide bonds. The number of hydrogen-bond acceptors (Lipinski definition) is 6. The lowest BCUT2D eigenvalue weighted by atomic mass is 10.1. The molecule has 0 spiro atoms. The van der Waals surface area contributed by atoms with E-state index in [1.807, 2.05) is 6.92 Å². The van der Waals surface area contributed by atoms with E-state index in [0.717, 1.165) is 0 Å². The van der Waals surface area contributed by atoms with Gasteiger partial charge in [-0.1, -0.05) is 6.92 Å². The van der Waals surface area contributed by atoms with Gasteiger partial charge >= 0.3 is 0 Å². The zero-order valence-electron chi connectivity index (χ0n) is 9.96. The fourth-order valence-electron chi connectivity index (χ4n) is 1.86. The molecule has 7 heteroatoms. The largest absolute Gasteiger partial charge is 0.392 e. The Labute approximate surface area is 104 Å². The van der Waals surface area contributed by atoms with Gasteiger partial charge in [0.1, 0.15) is 12.6 Å². The molecule has 2 N–H and O–H groups in total. The van der Waals surface area contributed by atoms with E-state index < -0.39 is 6.04 Å². The molecule has 1 unspecified atom stereocenters. The molecule has 1 aliphatic heterocycles. The van der Waals surface area contributed by atoms with Crippen molar-refractivity contribution in [2.24, 2.45) is 0 Å². The minimum absolute atomic E-state index is 0.0583. The van der Waals surface area contributed by atoms with E-state index in [9.17, 15) is 9.59 Å². The Morgan fingerprint density at radius 3 is 2.67 bits per heavy atom. The highest BCUT2D eigenvalue weighted by Gasteiger charge is 2.33. The molecule has 0 bridgehead atoms. The molecule has 1 aliphatic rings. The van der Waals surface area contributed by atoms with E-state index >= 15 is 0 Å². The van der Waals surface area contributed by atoms with Crippen LogP contribution >= 0.6 is 0 Å². The number of amides is 2. The molecule has 0 aliphatic carbocycles. The van der Waals surface area contributed by atoms with Gasteiger partial charge < -0.3 is 10.0 Å². The Hall–Kier alpha value is -2.02. The van der Waals surface area contributed by atoms with Crippen molar-refractivity contribution < 1.29 is 14.7 Å². The number of aromatic nitrogens is 2. The molecule has 2 heterocycles. The number of nitrogens with one attached hydrogen (secondary N) is 1. The summed E-state index contributed by atoms with van der Waals surface area (Å²) in [6.45, 7) is 1.77. The van der Waals surface area contributed by atoms with Gasteiger partial charge in [0.15, 0.2) is 0 Å². The minimum Gasteiger partial charge on any atom is -0.392 e. The van der Waals surface area contributed by atoms with Crippen molar-refractivity contribution in [3.05, 3.63) is 18.0 Å². The summed E-state index contributed by atoms with van der Waals surface area (Å²) in [4.78, 5) is 32.7. The number of aliphatic hydroxyl groups excluding tert-OH is 1. The van der Waals surface area contributed by atoms with Gasteiger partial charge in [0.05, 0.1) is 6.61 Å². The number of carbonyl (C=O) groups excluding carboxylic acids is 2. The Kier molecular flexibility index (Phi) is 3.52. The van der Waals surface area contributed by atoms with Crippen molar-refractivity contribution in [1.29, 1.82) is 0 Å². The summed E-state index contributed by atoms with van der Waals surface area (Å²) in [6, 6.07) is -0.442. The molecule has 18 heavy (non-hydrogen) atoms. The third-order valence-corrected chi connectivity index (χ3v) is 2.77. The predicted molar refractivity (Wildman–Crippen MR) is 62.5 cm³/mol. The van der Waals surface area contributed by atoms with Crippen LogP contribution in [0.1, 0.15) is 18.9 Å². The van der Waals surface area contributed by atoms with E-state index in [2.05, 4.69) is 15.3 Å². The van der Waals surface area contributed by atoms with Crippen LogP contribution in [0.3, 0.4) is 0 Å². The van der Waals surface area contributed by atoms with Gasteiger partial charge in [0.25, 0.3) is 0 Å². The molecule has 0 saturated carbocycles. The first-order valence-corrected chi connectivity index (χ1v) is 5.67. The lowest BCUT2D eigenvalue weighted by molar-refractivity contribution is -0.133. The van der Waals surface area contributed by atoms with Crippen LogP contribution < -0.4 is 10.2 Å². The Morgan fingerprint density at radius 2 is 2.11 bits per heavy atom. The quantitative estimate of drug-likeness (QED) is 0.683. The molecule has 1 atom stereocenters. The number of aliphatic hydroxyl groups is 1. The summed E-state index contributed by atoms with van der Waals surface area (Å²) >= 11 is 0. The number of rotatable bonds is 3. The first-order chi connectivity index (χ1) is 8.65. The van der Waals surface area contributed by atoms with Crippen LogP contribution in [0.25, 0.3) is 0 Å². The zero-order chi connectivity index (χ0) is 13.1. The second-order valence-corrected chi connectivity index (χ2v) is 4.01. The van der Waals surface area contributed by atoms with Crippen LogP contribution in [0.15, 0.2) is 12.4 Å². The third kappa shape index (κ3) is 2.30. The Bertz CT molecular complexity index is 460. The van der Waals surface area contributed by atoms with Crippen LogP contribution in [-0.2, 0) is 16.2 Å². The maximum absolute atomic E-state index is 11.7. The standard InChI is InChI=1S/C11H14N4O3/c1-2-8-10(18)14-9(17)5-15(8)11-12-3-7(6-16)4-13-11/h3-4,8,16H,2,5-6H2,1H3,(H,14,17,18). The van der Waals surface area contributed by atoms with Crippen molar-refractivity contribution in [1.82, 2.24) is 15.3 Å². The molecule has 2 rings (SSSR count). The second kappa shape index (κ2) is 5.09. The zero-order valence-corrected chi connectivity index (χ0v) is 9.96. The molecule has 0 aromatic carbocycles. The molecule has 7 nitrogen and oxygen atoms in total. The number of hydrogen-bond donors (Lipinski definition) is 2. The van der Waals surface area contributed by atoms with Gasteiger partial charge in [-0.05, 0) is 6.42 Å². The van der Waals surface area contributed by atoms with Gasteiger partial charge in [0, 0.05) is 18.0 Å². The summed E-state index contributed by atoms with van der Waals surface area (Å²) < 4.78 is 0. The van der Waals surface area contributed by atoms with Gasteiger partial charge in [-0.25, -0.2) is 9.97 Å². The average Bonchev–Trinajstić information content (AvgIpc) is 2.38. The van der Waals surface area contributed by atoms with Gasteiger partial charge in [0.2, 0.25) is 17.8 Å². The fourth-order valence-corrected chi connectivity index (χ4v) is 1.86. The monoisotopic (exact) mass is 250 g/mol. The summed E-state index contributed by atoms with van der Waals surface area (Å²) in [5.74, 6) is -0.370. The summed E-state index contributed by atoms with van der Waals surface area (Å²) in [7, 11) is 0. The minimum atomic E-state index is -0.442. The van der Waals surface area contributed by atoms with E-state index in [4.69, 9.17) is 5.11 Å². The normalized spacial score (nSPS) is 19.9. The van der Waals surface area contributed by atoms with E-state index in [1.165, 1.54) is 12.4 Å². The van der Waals surface area contributed by atoms with Crippen LogP contribution in [0.5, 0.6) is 0 Å². The number of anilines is 1. The molecule has 1 aromatic rings. The number of nitrogens with zero attached hydrogens (tertiary/aromatic N) is 3. The summed E-state index contributed by atoms with van der Waals surface area (Å²) in [6.07, 6.45) is 3.52. The fraction of sp³-hybridized carbons (Fsp3) is 0.455. The third-order valence-electron chi connectivity index (χ3n) is 2.77. The van der Waals surface area contributed by atoms with Crippen LogP contribution in [0.2, 0.25) is 0 Å². The highest BCUT2D eigenvalue weighted by molar-refractivity contribution is 6.04. The van der Waals surface area contributed by atoms with Crippen LogP contribution in [0, 0.1) is 0 Å². The SMILES string of the molecule is CCC1C(=O)NC(=O)CN1c1ncc(CO)cn1. The lowest BCUT2D eigenvalue weighted by Crippen LogP contribution is -2.58. The highest BCUT2D eigenvalue weighted by atomic mass is 16.3. The molecule has 0 radical (unpaired) electrons. The summed E-state index contributed by atoms with van der Waals surface area (Å²) in [5, 5.41) is 11.2. The van der Waals surface area contributed by atoms with Gasteiger partial charge in [-0.3, -0.25) is 14.9 Å². The van der Waals surface area contributed by atoms with Crippen molar-refractivity contribution in [3.63, 3.8) is 0 Å². The maximum atomic E-state index is 11.7. The highest BCUT2D eigenvalue weighted by Crippen LogP contribution is 2.16. The summed E-state index contributed by atoms with van der Waals surface area (Å²) in [5.41, 5.74) is 0.583. The number of piperazine rings is 1. The maximum Gasteiger partial charge on any atom is 0.249 e. The predicted octanol–water partition coefficient (Wildman–Crippen LogP) is -0.790.